The molecular formula is C25H23FN4O5S. The molecule has 1 aliphatic rings. The van der Waals surface area contributed by atoms with Crippen LogP contribution in [0.5, 0.6) is 0 Å². The molecule has 0 N–H and O–H groups in total. The monoisotopic (exact) mass is 510 g/mol. The summed E-state index contributed by atoms with van der Waals surface area (Å²) in [7, 11) is 1.46. The Hall–Kier alpha value is -3.96. The van der Waals surface area contributed by atoms with Crippen LogP contribution in [0.2, 0.25) is 0 Å². The second-order valence-electron chi connectivity index (χ2n) is 8.03. The number of hydrazone groups is 1. The Morgan fingerprint density at radius 2 is 2.03 bits per heavy atom. The number of methoxy groups -OCH3 is 1. The Morgan fingerprint density at radius 1 is 1.22 bits per heavy atom. The van der Waals surface area contributed by atoms with Crippen molar-refractivity contribution in [3.05, 3.63) is 98.0 Å². The largest absolute Gasteiger partial charge is 0.383 e. The van der Waals surface area contributed by atoms with Gasteiger partial charge in [-0.2, -0.15) is 5.10 Å². The number of benzene rings is 2. The first-order chi connectivity index (χ1) is 17.4. The van der Waals surface area contributed by atoms with Crippen LogP contribution in [0, 0.1) is 15.9 Å². The molecule has 36 heavy (non-hydrogen) atoms. The number of halogens is 1. The number of nitrogens with zero attached hydrogens (tertiary/aromatic N) is 4. The molecule has 9 nitrogen and oxygen atoms in total. The molecule has 0 radical (unpaired) electrons. The maximum absolute atomic E-state index is 14.3. The normalized spacial score (nSPS) is 15.0. The minimum absolute atomic E-state index is 0.0617. The third kappa shape index (κ3) is 5.47. The van der Waals surface area contributed by atoms with Gasteiger partial charge >= 0.3 is 0 Å². The molecule has 1 aromatic heterocycles. The van der Waals surface area contributed by atoms with Crippen LogP contribution in [-0.2, 0) is 9.53 Å². The van der Waals surface area contributed by atoms with Crippen LogP contribution in [-0.4, -0.2) is 59.2 Å². The maximum atomic E-state index is 14.3. The van der Waals surface area contributed by atoms with Gasteiger partial charge in [0.1, 0.15) is 12.4 Å². The lowest BCUT2D eigenvalue weighted by molar-refractivity contribution is -0.385. The lowest BCUT2D eigenvalue weighted by Gasteiger charge is -2.27. The number of hydrogen-bond acceptors (Lipinski definition) is 7. The van der Waals surface area contributed by atoms with E-state index in [0.717, 1.165) is 4.88 Å². The van der Waals surface area contributed by atoms with Gasteiger partial charge in [0.05, 0.1) is 33.7 Å². The van der Waals surface area contributed by atoms with Gasteiger partial charge < -0.3 is 9.64 Å². The standard InChI is InChI=1S/C25H23FN4O5S/c1-35-12-11-28(25(32)19-8-2-3-9-20(19)26)16-24(31)29-22(15-21(27-29)23-10-5-13-36-23)17-6-4-7-18(14-17)30(33)34/h2-10,13-14,22H,11-12,15-16H2,1H3/t22-/m1/s1. The topological polar surface area (TPSA) is 105 Å². The first kappa shape index (κ1) is 25.1. The third-order valence-corrected chi connectivity index (χ3v) is 6.64. The van der Waals surface area contributed by atoms with E-state index in [-0.39, 0.29) is 30.9 Å². The summed E-state index contributed by atoms with van der Waals surface area (Å²) < 4.78 is 19.4. The van der Waals surface area contributed by atoms with Crippen LogP contribution >= 0.6 is 11.3 Å². The molecule has 11 heteroatoms. The van der Waals surface area contributed by atoms with E-state index in [1.54, 1.807) is 18.2 Å². The second-order valence-corrected chi connectivity index (χ2v) is 8.98. The lowest BCUT2D eigenvalue weighted by Crippen LogP contribution is -2.43. The van der Waals surface area contributed by atoms with Crippen LogP contribution in [0.25, 0.3) is 0 Å². The first-order valence-corrected chi connectivity index (χ1v) is 12.0. The summed E-state index contributed by atoms with van der Waals surface area (Å²) in [6.07, 6.45) is 0.354. The van der Waals surface area contributed by atoms with Crippen molar-refractivity contribution in [3.8, 4) is 0 Å². The lowest BCUT2D eigenvalue weighted by atomic mass is 10.0. The average molecular weight is 511 g/mol. The number of hydrogen-bond donors (Lipinski definition) is 0. The number of thiophene rings is 1. The summed E-state index contributed by atoms with van der Waals surface area (Å²) in [4.78, 5) is 39.5. The van der Waals surface area contributed by atoms with E-state index in [9.17, 15) is 24.1 Å². The van der Waals surface area contributed by atoms with E-state index in [1.807, 2.05) is 17.5 Å². The highest BCUT2D eigenvalue weighted by atomic mass is 32.1. The molecular weight excluding hydrogens is 487 g/mol. The highest BCUT2D eigenvalue weighted by molar-refractivity contribution is 7.12. The van der Waals surface area contributed by atoms with E-state index in [0.29, 0.717) is 17.7 Å². The number of ether oxygens (including phenoxy) is 1. The molecule has 0 bridgehead atoms. The summed E-state index contributed by atoms with van der Waals surface area (Å²) in [5.74, 6) is -1.84. The third-order valence-electron chi connectivity index (χ3n) is 5.72. The predicted molar refractivity (Wildman–Crippen MR) is 132 cm³/mol. The zero-order chi connectivity index (χ0) is 25.7. The summed E-state index contributed by atoms with van der Waals surface area (Å²) in [6, 6.07) is 14.8. The number of carbonyl (C=O) groups is 2. The number of rotatable bonds is 9. The van der Waals surface area contributed by atoms with E-state index in [1.165, 1.54) is 58.7 Å². The molecule has 4 rings (SSSR count). The van der Waals surface area contributed by atoms with Crippen molar-refractivity contribution in [2.24, 2.45) is 5.10 Å². The summed E-state index contributed by atoms with van der Waals surface area (Å²) in [5.41, 5.74) is 0.970. The molecule has 1 aliphatic heterocycles. The summed E-state index contributed by atoms with van der Waals surface area (Å²) in [5, 5.41) is 19.0. The van der Waals surface area contributed by atoms with Gasteiger partial charge in [-0.15, -0.1) is 11.3 Å². The first-order valence-electron chi connectivity index (χ1n) is 11.1. The van der Waals surface area contributed by atoms with Gasteiger partial charge in [-0.05, 0) is 29.1 Å². The fraction of sp³-hybridized carbons (Fsp3) is 0.240. The molecule has 2 aromatic carbocycles. The minimum atomic E-state index is -0.689. The Balaban J connectivity index is 1.64. The molecule has 2 heterocycles. The highest BCUT2D eigenvalue weighted by Crippen LogP contribution is 2.35. The van der Waals surface area contributed by atoms with Crippen LogP contribution < -0.4 is 0 Å². The quantitative estimate of drug-likeness (QED) is 0.316. The fourth-order valence-electron chi connectivity index (χ4n) is 3.93. The zero-order valence-electron chi connectivity index (χ0n) is 19.4. The van der Waals surface area contributed by atoms with Gasteiger partial charge in [0, 0.05) is 32.2 Å². The van der Waals surface area contributed by atoms with Crippen LogP contribution in [0.3, 0.4) is 0 Å². The fourth-order valence-corrected chi connectivity index (χ4v) is 4.65. The molecule has 0 saturated heterocycles. The van der Waals surface area contributed by atoms with Gasteiger partial charge in [0.25, 0.3) is 17.5 Å². The maximum Gasteiger partial charge on any atom is 0.269 e. The average Bonchev–Trinajstić information content (AvgIpc) is 3.57. The molecule has 3 aromatic rings. The predicted octanol–water partition coefficient (Wildman–Crippen LogP) is 4.26. The van der Waals surface area contributed by atoms with Crippen molar-refractivity contribution >= 4 is 34.6 Å². The Kier molecular flexibility index (Phi) is 7.81. The molecule has 1 atom stereocenters. The SMILES string of the molecule is COCCN(CC(=O)N1N=C(c2cccs2)C[C@@H]1c1cccc([N+](=O)[O-])c1)C(=O)c1ccccc1F. The molecule has 186 valence electrons. The van der Waals surface area contributed by atoms with Gasteiger partial charge in [-0.3, -0.25) is 19.7 Å². The van der Waals surface area contributed by atoms with Crippen LogP contribution in [0.4, 0.5) is 10.1 Å². The zero-order valence-corrected chi connectivity index (χ0v) is 20.2. The Morgan fingerprint density at radius 3 is 2.72 bits per heavy atom. The van der Waals surface area contributed by atoms with Crippen molar-refractivity contribution in [1.29, 1.82) is 0 Å². The van der Waals surface area contributed by atoms with Crippen molar-refractivity contribution in [2.45, 2.75) is 12.5 Å². The summed E-state index contributed by atoms with van der Waals surface area (Å²) in [6.45, 7) is -0.166. The van der Waals surface area contributed by atoms with E-state index in [4.69, 9.17) is 4.74 Å². The van der Waals surface area contributed by atoms with E-state index in [2.05, 4.69) is 5.10 Å². The number of carbonyl (C=O) groups excluding carboxylic acids is 2. The molecule has 0 fully saturated rings. The Labute approximate surface area is 210 Å². The van der Waals surface area contributed by atoms with Crippen LogP contribution in [0.1, 0.15) is 33.3 Å². The van der Waals surface area contributed by atoms with Crippen molar-refractivity contribution in [1.82, 2.24) is 9.91 Å². The van der Waals surface area contributed by atoms with E-state index >= 15 is 0 Å². The van der Waals surface area contributed by atoms with Gasteiger partial charge in [0.15, 0.2) is 0 Å². The Bertz CT molecular complexity index is 1300. The summed E-state index contributed by atoms with van der Waals surface area (Å²) >= 11 is 1.47. The second kappa shape index (κ2) is 11.2. The molecule has 2 amide bonds. The van der Waals surface area contributed by atoms with Crippen molar-refractivity contribution in [3.63, 3.8) is 0 Å². The molecule has 0 spiro atoms. The van der Waals surface area contributed by atoms with Gasteiger partial charge in [-0.25, -0.2) is 9.40 Å². The number of nitro groups is 1. The van der Waals surface area contributed by atoms with Crippen molar-refractivity contribution < 1.29 is 23.6 Å². The van der Waals surface area contributed by atoms with Gasteiger partial charge in [0.2, 0.25) is 0 Å². The number of amides is 2. The molecule has 0 saturated carbocycles. The number of nitro benzene ring substituents is 1. The van der Waals surface area contributed by atoms with Crippen LogP contribution in [0.15, 0.2) is 71.1 Å². The minimum Gasteiger partial charge on any atom is -0.383 e. The number of non-ortho nitro benzene ring substituents is 1. The smallest absolute Gasteiger partial charge is 0.269 e. The van der Waals surface area contributed by atoms with Crippen molar-refractivity contribution in [2.75, 3.05) is 26.8 Å². The highest BCUT2D eigenvalue weighted by Gasteiger charge is 2.35. The van der Waals surface area contributed by atoms with Gasteiger partial charge in [-0.1, -0.05) is 30.3 Å². The van der Waals surface area contributed by atoms with E-state index < -0.39 is 28.6 Å². The molecule has 0 unspecified atom stereocenters. The molecule has 0 aliphatic carbocycles.